The number of benzene rings is 2. The molecule has 0 radical (unpaired) electrons. The summed E-state index contributed by atoms with van der Waals surface area (Å²) in [7, 11) is -2.41. The first-order valence-electron chi connectivity index (χ1n) is 8.59. The summed E-state index contributed by atoms with van der Waals surface area (Å²) in [6.07, 6.45) is -3.51. The molecule has 0 aliphatic rings. The Bertz CT molecular complexity index is 960. The normalized spacial score (nSPS) is 12.9. The van der Waals surface area contributed by atoms with Gasteiger partial charge < -0.3 is 10.1 Å². The molecular weight excluding hydrogens is 409 g/mol. The van der Waals surface area contributed by atoms with Crippen LogP contribution in [0.15, 0.2) is 48.5 Å². The average molecular weight is 430 g/mol. The maximum atomic E-state index is 12.9. The average Bonchev–Trinajstić information content (AvgIpc) is 2.64. The lowest BCUT2D eigenvalue weighted by molar-refractivity contribution is -0.137. The second-order valence-corrected chi connectivity index (χ2v) is 8.11. The lowest BCUT2D eigenvalue weighted by Gasteiger charge is -2.30. The molecule has 1 atom stereocenters. The van der Waals surface area contributed by atoms with Crippen LogP contribution in [0.25, 0.3) is 0 Å². The van der Waals surface area contributed by atoms with Gasteiger partial charge in [0.2, 0.25) is 15.9 Å². The van der Waals surface area contributed by atoms with E-state index in [9.17, 15) is 26.4 Å². The predicted molar refractivity (Wildman–Crippen MR) is 104 cm³/mol. The second-order valence-electron chi connectivity index (χ2n) is 6.25. The van der Waals surface area contributed by atoms with E-state index < -0.39 is 33.7 Å². The number of ether oxygens (including phenoxy) is 1. The molecule has 0 aromatic heterocycles. The van der Waals surface area contributed by atoms with Gasteiger partial charge in [0.05, 0.1) is 24.6 Å². The zero-order valence-electron chi connectivity index (χ0n) is 16.0. The number of halogens is 3. The highest BCUT2D eigenvalue weighted by atomic mass is 32.2. The molecule has 10 heteroatoms. The van der Waals surface area contributed by atoms with Gasteiger partial charge >= 0.3 is 6.18 Å². The van der Waals surface area contributed by atoms with Crippen molar-refractivity contribution in [2.75, 3.05) is 23.0 Å². The number of carbonyl (C=O) groups excluding carboxylic acids is 1. The van der Waals surface area contributed by atoms with Gasteiger partial charge in [-0.15, -0.1) is 0 Å². The van der Waals surface area contributed by atoms with Crippen molar-refractivity contribution < 1.29 is 31.1 Å². The van der Waals surface area contributed by atoms with Crippen LogP contribution >= 0.6 is 0 Å². The van der Waals surface area contributed by atoms with Crippen molar-refractivity contribution in [2.24, 2.45) is 0 Å². The fourth-order valence-corrected chi connectivity index (χ4v) is 4.00. The zero-order chi connectivity index (χ0) is 21.8. The Labute approximate surface area is 167 Å². The van der Waals surface area contributed by atoms with E-state index in [4.69, 9.17) is 4.74 Å². The molecule has 1 N–H and O–H groups in total. The molecule has 29 heavy (non-hydrogen) atoms. The third kappa shape index (κ3) is 5.63. The summed E-state index contributed by atoms with van der Waals surface area (Å²) in [4.78, 5) is 12.8. The first-order valence-corrected chi connectivity index (χ1v) is 10.4. The van der Waals surface area contributed by atoms with Crippen LogP contribution in [0.2, 0.25) is 0 Å². The van der Waals surface area contributed by atoms with E-state index >= 15 is 0 Å². The van der Waals surface area contributed by atoms with Crippen LogP contribution in [0.1, 0.15) is 18.9 Å². The number of anilines is 2. The van der Waals surface area contributed by atoms with E-state index in [0.717, 1.165) is 28.8 Å². The van der Waals surface area contributed by atoms with Gasteiger partial charge in [-0.1, -0.05) is 13.0 Å². The molecule has 0 spiro atoms. The molecule has 6 nitrogen and oxygen atoms in total. The Hall–Kier alpha value is -2.75. The highest BCUT2D eigenvalue weighted by molar-refractivity contribution is 7.92. The van der Waals surface area contributed by atoms with Gasteiger partial charge in [-0.05, 0) is 48.9 Å². The number of amides is 1. The SMILES string of the molecule is CC[C@@H](C(=O)Nc1cccc(C(F)(F)F)c1)N(c1ccc(OC)cc1)S(C)(=O)=O. The van der Waals surface area contributed by atoms with Crippen molar-refractivity contribution in [1.82, 2.24) is 0 Å². The zero-order valence-corrected chi connectivity index (χ0v) is 16.8. The lowest BCUT2D eigenvalue weighted by atomic mass is 10.1. The summed E-state index contributed by atoms with van der Waals surface area (Å²) in [5.41, 5.74) is -0.760. The number of sulfonamides is 1. The van der Waals surface area contributed by atoms with Crippen LogP contribution in [0.3, 0.4) is 0 Å². The second kappa shape index (κ2) is 8.73. The summed E-state index contributed by atoms with van der Waals surface area (Å²) < 4.78 is 69.4. The molecule has 2 aromatic rings. The number of hydrogen-bond acceptors (Lipinski definition) is 4. The molecule has 0 bridgehead atoms. The molecule has 0 heterocycles. The Morgan fingerprint density at radius 1 is 1.17 bits per heavy atom. The van der Waals surface area contributed by atoms with Crippen molar-refractivity contribution >= 4 is 27.3 Å². The highest BCUT2D eigenvalue weighted by Crippen LogP contribution is 2.31. The molecule has 0 saturated carbocycles. The van der Waals surface area contributed by atoms with E-state index in [1.165, 1.54) is 25.3 Å². The number of nitrogens with one attached hydrogen (secondary N) is 1. The first-order chi connectivity index (χ1) is 13.5. The first kappa shape index (κ1) is 22.5. The molecule has 0 saturated heterocycles. The van der Waals surface area contributed by atoms with Gasteiger partial charge in [0.1, 0.15) is 11.8 Å². The van der Waals surface area contributed by atoms with Gasteiger partial charge in [-0.3, -0.25) is 9.10 Å². The Balaban J connectivity index is 2.36. The van der Waals surface area contributed by atoms with Gasteiger partial charge in [0.15, 0.2) is 0 Å². The summed E-state index contributed by atoms with van der Waals surface area (Å²) >= 11 is 0. The third-order valence-electron chi connectivity index (χ3n) is 4.11. The summed E-state index contributed by atoms with van der Waals surface area (Å²) in [5.74, 6) is -0.239. The molecule has 0 aliphatic carbocycles. The number of carbonyl (C=O) groups is 1. The minimum Gasteiger partial charge on any atom is -0.497 e. The molecule has 2 rings (SSSR count). The molecule has 0 fully saturated rings. The van der Waals surface area contributed by atoms with E-state index in [1.807, 2.05) is 0 Å². The molecule has 1 amide bonds. The molecule has 2 aromatic carbocycles. The minimum absolute atomic E-state index is 0.0774. The van der Waals surface area contributed by atoms with Crippen molar-refractivity contribution in [3.8, 4) is 5.75 Å². The van der Waals surface area contributed by atoms with Crippen LogP contribution < -0.4 is 14.4 Å². The molecule has 0 unspecified atom stereocenters. The third-order valence-corrected chi connectivity index (χ3v) is 5.29. The number of rotatable bonds is 7. The van der Waals surface area contributed by atoms with Crippen molar-refractivity contribution in [1.29, 1.82) is 0 Å². The van der Waals surface area contributed by atoms with Crippen LogP contribution in [-0.2, 0) is 21.0 Å². The minimum atomic E-state index is -4.56. The number of alkyl halides is 3. The Kier molecular flexibility index (Phi) is 6.78. The Morgan fingerprint density at radius 3 is 2.28 bits per heavy atom. The summed E-state index contributed by atoms with van der Waals surface area (Å²) in [5, 5.41) is 2.38. The van der Waals surface area contributed by atoms with E-state index in [2.05, 4.69) is 5.32 Å². The van der Waals surface area contributed by atoms with Crippen LogP contribution in [0, 0.1) is 0 Å². The monoisotopic (exact) mass is 430 g/mol. The molecule has 0 aliphatic heterocycles. The highest BCUT2D eigenvalue weighted by Gasteiger charge is 2.33. The quantitative estimate of drug-likeness (QED) is 0.723. The number of nitrogens with zero attached hydrogens (tertiary/aromatic N) is 1. The fourth-order valence-electron chi connectivity index (χ4n) is 2.79. The van der Waals surface area contributed by atoms with Crippen molar-refractivity contribution in [3.63, 3.8) is 0 Å². The van der Waals surface area contributed by atoms with Crippen molar-refractivity contribution in [2.45, 2.75) is 25.6 Å². The van der Waals surface area contributed by atoms with Gasteiger partial charge in [-0.25, -0.2) is 8.42 Å². The number of hydrogen-bond donors (Lipinski definition) is 1. The van der Waals surface area contributed by atoms with E-state index in [-0.39, 0.29) is 17.8 Å². The molecule has 158 valence electrons. The van der Waals surface area contributed by atoms with E-state index in [0.29, 0.717) is 5.75 Å². The lowest BCUT2D eigenvalue weighted by Crippen LogP contribution is -2.47. The predicted octanol–water partition coefficient (Wildman–Crippen LogP) is 3.90. The summed E-state index contributed by atoms with van der Waals surface area (Å²) in [6.45, 7) is 1.61. The van der Waals surface area contributed by atoms with Gasteiger partial charge in [0, 0.05) is 5.69 Å². The number of methoxy groups -OCH3 is 1. The van der Waals surface area contributed by atoms with Crippen LogP contribution in [0.5, 0.6) is 5.75 Å². The van der Waals surface area contributed by atoms with Crippen molar-refractivity contribution in [3.05, 3.63) is 54.1 Å². The molecular formula is C19H21F3N2O4S. The summed E-state index contributed by atoms with van der Waals surface area (Å²) in [6, 6.07) is 9.05. The van der Waals surface area contributed by atoms with Gasteiger partial charge in [0.25, 0.3) is 0 Å². The van der Waals surface area contributed by atoms with Gasteiger partial charge in [-0.2, -0.15) is 13.2 Å². The van der Waals surface area contributed by atoms with Crippen LogP contribution in [0.4, 0.5) is 24.5 Å². The maximum Gasteiger partial charge on any atom is 0.416 e. The fraction of sp³-hybridized carbons (Fsp3) is 0.316. The topological polar surface area (TPSA) is 75.7 Å². The standard InChI is InChI=1S/C19H21F3N2O4S/c1-4-17(18(25)23-14-7-5-6-13(12-14)19(20,21)22)24(29(3,26)27)15-8-10-16(28-2)11-9-15/h5-12,17H,4H2,1-3H3,(H,23,25)/t17-/m0/s1. The Morgan fingerprint density at radius 2 is 1.79 bits per heavy atom. The largest absolute Gasteiger partial charge is 0.497 e. The van der Waals surface area contributed by atoms with E-state index in [1.54, 1.807) is 19.1 Å². The maximum absolute atomic E-state index is 12.9. The smallest absolute Gasteiger partial charge is 0.416 e. The van der Waals surface area contributed by atoms with Crippen LogP contribution in [-0.4, -0.2) is 33.7 Å².